The minimum atomic E-state index is 0.456. The summed E-state index contributed by atoms with van der Waals surface area (Å²) in [6, 6.07) is 0.456. The number of rotatable bonds is 8. The molecule has 1 aromatic rings. The fourth-order valence-corrected chi connectivity index (χ4v) is 5.25. The van der Waals surface area contributed by atoms with Gasteiger partial charge in [0.1, 0.15) is 11.5 Å². The molecule has 0 spiro atoms. The summed E-state index contributed by atoms with van der Waals surface area (Å²) < 4.78 is 0. The summed E-state index contributed by atoms with van der Waals surface area (Å²) in [4.78, 5) is 26.0. The van der Waals surface area contributed by atoms with Crippen LogP contribution >= 0.6 is 0 Å². The number of aliphatic imine (C=N–C) groups is 3. The SMILES string of the molecule is CCCCCN(C)[C@H]1C=C(CC2CCC(=Nc3cnc(C)nc3C)CC2)C2=NCCN=C2C1. The third-order valence-corrected chi connectivity index (χ3v) is 7.27. The molecule has 6 nitrogen and oxygen atoms in total. The Morgan fingerprint density at radius 3 is 2.64 bits per heavy atom. The first kappa shape index (κ1) is 23.9. The van der Waals surface area contributed by atoms with E-state index >= 15 is 0 Å². The van der Waals surface area contributed by atoms with Crippen molar-refractivity contribution in [2.24, 2.45) is 20.9 Å². The van der Waals surface area contributed by atoms with Crippen molar-refractivity contribution in [1.82, 2.24) is 14.9 Å². The molecule has 178 valence electrons. The molecule has 2 aliphatic carbocycles. The fourth-order valence-electron chi connectivity index (χ4n) is 5.25. The van der Waals surface area contributed by atoms with E-state index in [1.807, 2.05) is 20.0 Å². The summed E-state index contributed by atoms with van der Waals surface area (Å²) in [5.74, 6) is 1.50. The number of aryl methyl sites for hydroxylation is 2. The minimum Gasteiger partial charge on any atom is -0.300 e. The topological polar surface area (TPSA) is 66.1 Å². The quantitative estimate of drug-likeness (QED) is 0.496. The number of allylic oxidation sites excluding steroid dienone is 1. The Hall–Kier alpha value is -2.21. The number of fused-ring (bicyclic) bond motifs is 1. The van der Waals surface area contributed by atoms with Gasteiger partial charge in [-0.25, -0.2) is 9.97 Å². The number of hydrogen-bond acceptors (Lipinski definition) is 6. The first-order chi connectivity index (χ1) is 16.0. The third kappa shape index (κ3) is 6.23. The third-order valence-electron chi connectivity index (χ3n) is 7.27. The zero-order chi connectivity index (χ0) is 23.2. The Kier molecular flexibility index (Phi) is 8.18. The van der Waals surface area contributed by atoms with Gasteiger partial charge in [0.25, 0.3) is 0 Å². The van der Waals surface area contributed by atoms with Gasteiger partial charge in [-0.15, -0.1) is 0 Å². The van der Waals surface area contributed by atoms with Crippen LogP contribution in [-0.4, -0.2) is 64.7 Å². The number of hydrogen-bond donors (Lipinski definition) is 0. The molecule has 3 aliphatic rings. The maximum Gasteiger partial charge on any atom is 0.125 e. The van der Waals surface area contributed by atoms with Crippen molar-refractivity contribution >= 4 is 22.8 Å². The summed E-state index contributed by atoms with van der Waals surface area (Å²) in [5.41, 5.74) is 7.10. The van der Waals surface area contributed by atoms with E-state index in [4.69, 9.17) is 15.0 Å². The highest BCUT2D eigenvalue weighted by molar-refractivity contribution is 6.49. The molecule has 0 saturated heterocycles. The first-order valence-electron chi connectivity index (χ1n) is 12.9. The number of unbranched alkanes of at least 4 members (excludes halogenated alkanes) is 2. The van der Waals surface area contributed by atoms with Crippen molar-refractivity contribution in [2.75, 3.05) is 26.7 Å². The van der Waals surface area contributed by atoms with Crippen LogP contribution in [0.3, 0.4) is 0 Å². The van der Waals surface area contributed by atoms with E-state index in [1.165, 1.54) is 54.8 Å². The normalized spacial score (nSPS) is 23.1. The summed E-state index contributed by atoms with van der Waals surface area (Å²) >= 11 is 0. The zero-order valence-corrected chi connectivity index (χ0v) is 21.0. The van der Waals surface area contributed by atoms with Crippen molar-refractivity contribution in [1.29, 1.82) is 0 Å². The number of likely N-dealkylation sites (N-methyl/N-ethyl adjacent to an activating group) is 1. The molecule has 1 saturated carbocycles. The van der Waals surface area contributed by atoms with E-state index in [2.05, 4.69) is 34.9 Å². The van der Waals surface area contributed by atoms with E-state index in [1.54, 1.807) is 0 Å². The van der Waals surface area contributed by atoms with Gasteiger partial charge >= 0.3 is 0 Å². The lowest BCUT2D eigenvalue weighted by atomic mass is 9.79. The molecule has 0 N–H and O–H groups in total. The van der Waals surface area contributed by atoms with E-state index in [0.717, 1.165) is 62.5 Å². The van der Waals surface area contributed by atoms with Crippen LogP contribution in [0.4, 0.5) is 5.69 Å². The molecule has 0 amide bonds. The fraction of sp³-hybridized carbons (Fsp3) is 0.667. The maximum atomic E-state index is 4.92. The molecular weight excluding hydrogens is 408 g/mol. The molecule has 0 unspecified atom stereocenters. The molecule has 2 heterocycles. The van der Waals surface area contributed by atoms with E-state index < -0.39 is 0 Å². The molecule has 0 radical (unpaired) electrons. The van der Waals surface area contributed by atoms with Gasteiger partial charge < -0.3 is 0 Å². The Morgan fingerprint density at radius 1 is 1.09 bits per heavy atom. The lowest BCUT2D eigenvalue weighted by Crippen LogP contribution is -2.40. The minimum absolute atomic E-state index is 0.456. The molecule has 1 atom stereocenters. The second-order valence-corrected chi connectivity index (χ2v) is 9.92. The predicted octanol–water partition coefficient (Wildman–Crippen LogP) is 5.46. The van der Waals surface area contributed by atoms with Crippen LogP contribution < -0.4 is 0 Å². The molecular formula is C27H40N6. The van der Waals surface area contributed by atoms with Gasteiger partial charge in [0.2, 0.25) is 0 Å². The highest BCUT2D eigenvalue weighted by atomic mass is 15.1. The van der Waals surface area contributed by atoms with Crippen molar-refractivity contribution in [3.8, 4) is 0 Å². The lowest BCUT2D eigenvalue weighted by Gasteiger charge is -2.34. The van der Waals surface area contributed by atoms with Gasteiger partial charge in [0.05, 0.1) is 36.4 Å². The van der Waals surface area contributed by atoms with Gasteiger partial charge in [-0.3, -0.25) is 19.9 Å². The second-order valence-electron chi connectivity index (χ2n) is 9.92. The average Bonchev–Trinajstić information content (AvgIpc) is 2.82. The average molecular weight is 449 g/mol. The zero-order valence-electron chi connectivity index (χ0n) is 21.0. The van der Waals surface area contributed by atoms with Crippen LogP contribution in [0.15, 0.2) is 32.8 Å². The highest BCUT2D eigenvalue weighted by Gasteiger charge is 2.30. The van der Waals surface area contributed by atoms with Crippen LogP contribution in [0.25, 0.3) is 0 Å². The summed E-state index contributed by atoms with van der Waals surface area (Å²) in [6.45, 7) is 9.07. The largest absolute Gasteiger partial charge is 0.300 e. The Morgan fingerprint density at radius 2 is 1.88 bits per heavy atom. The molecule has 33 heavy (non-hydrogen) atoms. The van der Waals surface area contributed by atoms with E-state index in [9.17, 15) is 0 Å². The van der Waals surface area contributed by atoms with Gasteiger partial charge in [-0.1, -0.05) is 25.8 Å². The van der Waals surface area contributed by atoms with Gasteiger partial charge in [-0.05, 0) is 77.5 Å². The summed E-state index contributed by atoms with van der Waals surface area (Å²) in [7, 11) is 2.28. The molecule has 0 bridgehead atoms. The molecule has 0 aromatic carbocycles. The lowest BCUT2D eigenvalue weighted by molar-refractivity contribution is 0.278. The van der Waals surface area contributed by atoms with Gasteiger partial charge in [0, 0.05) is 18.2 Å². The van der Waals surface area contributed by atoms with Gasteiger partial charge in [-0.2, -0.15) is 0 Å². The maximum absolute atomic E-state index is 4.92. The summed E-state index contributed by atoms with van der Waals surface area (Å²) in [6.07, 6.45) is 14.9. The summed E-state index contributed by atoms with van der Waals surface area (Å²) in [5, 5.41) is 0. The van der Waals surface area contributed by atoms with Crippen LogP contribution in [-0.2, 0) is 0 Å². The van der Waals surface area contributed by atoms with Crippen molar-refractivity contribution in [2.45, 2.75) is 84.6 Å². The Bertz CT molecular complexity index is 947. The highest BCUT2D eigenvalue weighted by Crippen LogP contribution is 2.33. The predicted molar refractivity (Wildman–Crippen MR) is 138 cm³/mol. The molecule has 1 aromatic heterocycles. The Labute approximate surface area is 199 Å². The van der Waals surface area contributed by atoms with E-state index in [0.29, 0.717) is 12.0 Å². The monoisotopic (exact) mass is 448 g/mol. The van der Waals surface area contributed by atoms with Crippen molar-refractivity contribution in [3.05, 3.63) is 29.4 Å². The number of aromatic nitrogens is 2. The first-order valence-corrected chi connectivity index (χ1v) is 12.9. The smallest absolute Gasteiger partial charge is 0.125 e. The van der Waals surface area contributed by atoms with Crippen LogP contribution in [0, 0.1) is 19.8 Å². The number of nitrogens with zero attached hydrogens (tertiary/aromatic N) is 6. The van der Waals surface area contributed by atoms with Crippen LogP contribution in [0.1, 0.15) is 76.2 Å². The molecule has 4 rings (SSSR count). The van der Waals surface area contributed by atoms with E-state index in [-0.39, 0.29) is 0 Å². The molecule has 1 aliphatic heterocycles. The molecule has 1 fully saturated rings. The van der Waals surface area contributed by atoms with Crippen molar-refractivity contribution in [3.63, 3.8) is 0 Å². The van der Waals surface area contributed by atoms with Crippen molar-refractivity contribution < 1.29 is 0 Å². The van der Waals surface area contributed by atoms with Crippen LogP contribution in [0.5, 0.6) is 0 Å². The van der Waals surface area contributed by atoms with Crippen LogP contribution in [0.2, 0.25) is 0 Å². The Balaban J connectivity index is 1.41. The van der Waals surface area contributed by atoms with Gasteiger partial charge in [0.15, 0.2) is 0 Å². The second kappa shape index (κ2) is 11.3. The molecule has 6 heteroatoms. The standard InChI is InChI=1S/C27H40N6/c1-5-6-7-14-33(4)24-16-22(27-25(17-24)28-12-13-29-27)15-21-8-10-23(11-9-21)32-26-18-30-20(3)31-19(26)2/h16,18,21,24H,5-15,17H2,1-4H3/t21?,24-/m0/s1.